The van der Waals surface area contributed by atoms with Crippen molar-refractivity contribution in [3.05, 3.63) is 27.7 Å². The lowest BCUT2D eigenvalue weighted by Crippen LogP contribution is -2.46. The van der Waals surface area contributed by atoms with Gasteiger partial charge in [-0.3, -0.25) is 4.90 Å². The molecule has 0 spiro atoms. The first-order valence-corrected chi connectivity index (χ1v) is 8.11. The summed E-state index contributed by atoms with van der Waals surface area (Å²) in [7, 11) is 0. The van der Waals surface area contributed by atoms with E-state index in [1.165, 1.54) is 0 Å². The Balaban J connectivity index is 1.52. The highest BCUT2D eigenvalue weighted by molar-refractivity contribution is 7.13. The van der Waals surface area contributed by atoms with E-state index in [9.17, 15) is 0 Å². The quantitative estimate of drug-likeness (QED) is 0.923. The molecule has 3 heterocycles. The van der Waals surface area contributed by atoms with Crippen LogP contribution in [0.15, 0.2) is 17.0 Å². The molecule has 2 aromatic heterocycles. The third-order valence-electron chi connectivity index (χ3n) is 3.22. The van der Waals surface area contributed by atoms with Crippen LogP contribution < -0.4 is 10.6 Å². The molecule has 0 saturated carbocycles. The Morgan fingerprint density at radius 2 is 2.05 bits per heavy atom. The lowest BCUT2D eigenvalue weighted by atomic mass is 10.3. The molecule has 1 saturated heterocycles. The van der Waals surface area contributed by atoms with Crippen molar-refractivity contribution in [2.24, 2.45) is 5.73 Å². The molecular formula is C12H17N5S2. The fraction of sp³-hybridized carbons (Fsp3) is 0.500. The maximum atomic E-state index is 5.59. The molecule has 0 bridgehead atoms. The van der Waals surface area contributed by atoms with Gasteiger partial charge in [-0.2, -0.15) is 0 Å². The van der Waals surface area contributed by atoms with Gasteiger partial charge in [0, 0.05) is 56.2 Å². The summed E-state index contributed by atoms with van der Waals surface area (Å²) in [6.45, 7) is 5.69. The van der Waals surface area contributed by atoms with Crippen LogP contribution >= 0.6 is 22.7 Å². The summed E-state index contributed by atoms with van der Waals surface area (Å²) >= 11 is 3.37. The number of rotatable bonds is 4. The highest BCUT2D eigenvalue weighted by Gasteiger charge is 2.19. The van der Waals surface area contributed by atoms with Crippen LogP contribution in [0, 0.1) is 0 Å². The molecule has 0 radical (unpaired) electrons. The average molecular weight is 295 g/mol. The first-order valence-electron chi connectivity index (χ1n) is 6.35. The van der Waals surface area contributed by atoms with Gasteiger partial charge in [-0.25, -0.2) is 9.97 Å². The smallest absolute Gasteiger partial charge is 0.185 e. The SMILES string of the molecule is NCc1nc(CN2CCN(c3nccs3)CC2)cs1. The number of nitrogens with zero attached hydrogens (tertiary/aromatic N) is 4. The van der Waals surface area contributed by atoms with E-state index in [2.05, 4.69) is 25.1 Å². The Bertz CT molecular complexity index is 502. The van der Waals surface area contributed by atoms with Crippen LogP contribution in [-0.2, 0) is 13.1 Å². The minimum Gasteiger partial charge on any atom is -0.346 e. The van der Waals surface area contributed by atoms with Crippen LogP contribution in [0.1, 0.15) is 10.7 Å². The number of anilines is 1. The van der Waals surface area contributed by atoms with Gasteiger partial charge >= 0.3 is 0 Å². The molecule has 3 rings (SSSR count). The summed E-state index contributed by atoms with van der Waals surface area (Å²) in [5.74, 6) is 0. The molecule has 0 amide bonds. The minimum atomic E-state index is 0.544. The van der Waals surface area contributed by atoms with E-state index in [-0.39, 0.29) is 0 Å². The van der Waals surface area contributed by atoms with E-state index in [0.717, 1.165) is 48.6 Å². The Labute approximate surface area is 120 Å². The van der Waals surface area contributed by atoms with Crippen LogP contribution in [0.25, 0.3) is 0 Å². The van der Waals surface area contributed by atoms with Crippen LogP contribution in [-0.4, -0.2) is 41.0 Å². The number of hydrogen-bond donors (Lipinski definition) is 1. The van der Waals surface area contributed by atoms with Crippen molar-refractivity contribution in [3.63, 3.8) is 0 Å². The highest BCUT2D eigenvalue weighted by Crippen LogP contribution is 2.19. The molecule has 2 N–H and O–H groups in total. The average Bonchev–Trinajstić information content (AvgIpc) is 3.10. The molecule has 2 aromatic rings. The van der Waals surface area contributed by atoms with Gasteiger partial charge in [-0.05, 0) is 0 Å². The zero-order valence-electron chi connectivity index (χ0n) is 10.7. The van der Waals surface area contributed by atoms with Crippen molar-refractivity contribution < 1.29 is 0 Å². The molecular weight excluding hydrogens is 278 g/mol. The monoisotopic (exact) mass is 295 g/mol. The van der Waals surface area contributed by atoms with Gasteiger partial charge in [0.15, 0.2) is 5.13 Å². The number of thiazole rings is 2. The third-order valence-corrected chi connectivity index (χ3v) is 4.97. The van der Waals surface area contributed by atoms with Gasteiger partial charge in [0.25, 0.3) is 0 Å². The van der Waals surface area contributed by atoms with Crippen molar-refractivity contribution >= 4 is 27.8 Å². The van der Waals surface area contributed by atoms with Crippen molar-refractivity contribution in [2.75, 3.05) is 31.1 Å². The number of hydrogen-bond acceptors (Lipinski definition) is 7. The summed E-state index contributed by atoms with van der Waals surface area (Å²) in [6, 6.07) is 0. The Hall–Kier alpha value is -1.02. The topological polar surface area (TPSA) is 58.3 Å². The summed E-state index contributed by atoms with van der Waals surface area (Å²) in [5, 5.41) is 6.32. The fourth-order valence-electron chi connectivity index (χ4n) is 2.21. The Morgan fingerprint density at radius 3 is 2.68 bits per heavy atom. The van der Waals surface area contributed by atoms with Crippen molar-refractivity contribution in [3.8, 4) is 0 Å². The second-order valence-corrected chi connectivity index (χ2v) is 6.33. The van der Waals surface area contributed by atoms with E-state index < -0.39 is 0 Å². The molecule has 0 aromatic carbocycles. The molecule has 5 nitrogen and oxygen atoms in total. The molecule has 0 atom stereocenters. The molecule has 0 unspecified atom stereocenters. The predicted octanol–water partition coefficient (Wildman–Crippen LogP) is 1.38. The number of piperazine rings is 1. The summed E-state index contributed by atoms with van der Waals surface area (Å²) < 4.78 is 0. The molecule has 1 aliphatic heterocycles. The predicted molar refractivity (Wildman–Crippen MR) is 79.6 cm³/mol. The largest absolute Gasteiger partial charge is 0.346 e. The van der Waals surface area contributed by atoms with Gasteiger partial charge in [0.2, 0.25) is 0 Å². The van der Waals surface area contributed by atoms with Gasteiger partial charge in [0.05, 0.1) is 5.69 Å². The highest BCUT2D eigenvalue weighted by atomic mass is 32.1. The van der Waals surface area contributed by atoms with Gasteiger partial charge in [-0.15, -0.1) is 22.7 Å². The molecule has 102 valence electrons. The summed E-state index contributed by atoms with van der Waals surface area (Å²) in [4.78, 5) is 13.7. The fourth-order valence-corrected chi connectivity index (χ4v) is 3.58. The number of aromatic nitrogens is 2. The van der Waals surface area contributed by atoms with E-state index in [1.54, 1.807) is 22.7 Å². The van der Waals surface area contributed by atoms with E-state index in [4.69, 9.17) is 5.73 Å². The maximum Gasteiger partial charge on any atom is 0.185 e. The zero-order chi connectivity index (χ0) is 13.1. The minimum absolute atomic E-state index is 0.544. The Morgan fingerprint density at radius 1 is 1.21 bits per heavy atom. The molecule has 19 heavy (non-hydrogen) atoms. The molecule has 7 heteroatoms. The standard InChI is InChI=1S/C12H17N5S2/c13-7-11-15-10(9-19-11)8-16-2-4-17(5-3-16)12-14-1-6-18-12/h1,6,9H,2-5,7-8,13H2. The lowest BCUT2D eigenvalue weighted by Gasteiger charge is -2.34. The molecule has 1 aliphatic rings. The van der Waals surface area contributed by atoms with Crippen molar-refractivity contribution in [2.45, 2.75) is 13.1 Å². The van der Waals surface area contributed by atoms with E-state index in [1.807, 2.05) is 11.6 Å². The van der Waals surface area contributed by atoms with Gasteiger partial charge in [-0.1, -0.05) is 0 Å². The van der Waals surface area contributed by atoms with Gasteiger partial charge < -0.3 is 10.6 Å². The first kappa shape index (κ1) is 13.0. The van der Waals surface area contributed by atoms with Crippen LogP contribution in [0.3, 0.4) is 0 Å². The molecule has 0 aliphatic carbocycles. The Kier molecular flexibility index (Phi) is 4.07. The van der Waals surface area contributed by atoms with E-state index in [0.29, 0.717) is 6.54 Å². The normalized spacial score (nSPS) is 17.0. The molecule has 1 fully saturated rings. The summed E-state index contributed by atoms with van der Waals surface area (Å²) in [5.41, 5.74) is 6.74. The maximum absolute atomic E-state index is 5.59. The lowest BCUT2D eigenvalue weighted by molar-refractivity contribution is 0.247. The third kappa shape index (κ3) is 3.11. The van der Waals surface area contributed by atoms with E-state index >= 15 is 0 Å². The van der Waals surface area contributed by atoms with Crippen molar-refractivity contribution in [1.29, 1.82) is 0 Å². The van der Waals surface area contributed by atoms with Crippen LogP contribution in [0.5, 0.6) is 0 Å². The first-order chi connectivity index (χ1) is 9.35. The van der Waals surface area contributed by atoms with Crippen molar-refractivity contribution in [1.82, 2.24) is 14.9 Å². The van der Waals surface area contributed by atoms with Gasteiger partial charge in [0.1, 0.15) is 5.01 Å². The van der Waals surface area contributed by atoms with Crippen LogP contribution in [0.4, 0.5) is 5.13 Å². The second kappa shape index (κ2) is 5.96. The zero-order valence-corrected chi connectivity index (χ0v) is 12.3. The summed E-state index contributed by atoms with van der Waals surface area (Å²) in [6.07, 6.45) is 1.87. The van der Waals surface area contributed by atoms with Crippen LogP contribution in [0.2, 0.25) is 0 Å². The second-order valence-electron chi connectivity index (χ2n) is 4.51. The number of nitrogens with two attached hydrogens (primary N) is 1.